The van der Waals surface area contributed by atoms with Crippen molar-refractivity contribution in [3.05, 3.63) is 166 Å². The van der Waals surface area contributed by atoms with Crippen LogP contribution in [0, 0.1) is 0 Å². The van der Waals surface area contributed by atoms with Gasteiger partial charge >= 0.3 is 0 Å². The number of benzene rings is 5. The van der Waals surface area contributed by atoms with E-state index >= 15 is 0 Å². The van der Waals surface area contributed by atoms with Crippen LogP contribution in [0.4, 0.5) is 0 Å². The van der Waals surface area contributed by atoms with Crippen LogP contribution >= 0.6 is 0 Å². The number of rotatable bonds is 14. The van der Waals surface area contributed by atoms with E-state index in [1.165, 1.54) is 65.3 Å². The summed E-state index contributed by atoms with van der Waals surface area (Å²) in [6, 6.07) is 36.2. The van der Waals surface area contributed by atoms with Crippen molar-refractivity contribution in [1.29, 1.82) is 0 Å². The zero-order valence-corrected chi connectivity index (χ0v) is 41.4. The second-order valence-electron chi connectivity index (χ2n) is 19.8. The van der Waals surface area contributed by atoms with Crippen LogP contribution in [-0.4, -0.2) is 32.3 Å². The van der Waals surface area contributed by atoms with E-state index in [1.54, 1.807) is 0 Å². The molecule has 0 atom stereocenters. The average molecular weight is 827 g/mol. The van der Waals surface area contributed by atoms with Crippen molar-refractivity contribution in [3.63, 3.8) is 0 Å². The lowest BCUT2D eigenvalue weighted by molar-refractivity contribution is 1.60. The highest BCUT2D eigenvalue weighted by Crippen LogP contribution is 2.22. The molecule has 0 aliphatic carbocycles. The number of hydrogen-bond donors (Lipinski definition) is 0. The summed E-state index contributed by atoms with van der Waals surface area (Å²) in [6.45, 7) is 37.5. The van der Waals surface area contributed by atoms with Gasteiger partial charge < -0.3 is 0 Å². The Morgan fingerprint density at radius 2 is 0.500 bits per heavy atom. The first-order chi connectivity index (χ1) is 27.1. The first-order valence-electron chi connectivity index (χ1n) is 20.8. The number of hydrogen-bond acceptors (Lipinski definition) is 0. The molecule has 0 radical (unpaired) electrons. The van der Waals surface area contributed by atoms with Gasteiger partial charge in [0.15, 0.2) is 0 Å². The summed E-state index contributed by atoms with van der Waals surface area (Å²) >= 11 is 0. The third-order valence-electron chi connectivity index (χ3n) is 10.7. The summed E-state index contributed by atoms with van der Waals surface area (Å²) in [5.41, 5.74) is 12.6. The standard InChI is InChI=1S/C54H66Si4/c1-15-41-20-17-22-43(34-41)26-30-47-37-53(57(9,10)11)49(39-51(47)55(3,4)5)32-28-45-24-19-25-46(36-45)29-33-50-40-52(56(6,7)8)48(38-54(50)58(12,13)14)31-27-44-23-18-21-42(16-2)35-44/h15-40H,1-2H2,3-14H3/b30-26+,31-27+,32-28+,33-29+. The maximum Gasteiger partial charge on any atom is 0.0784 e. The minimum Gasteiger partial charge on any atom is -0.0985 e. The highest BCUT2D eigenvalue weighted by Gasteiger charge is 2.27. The lowest BCUT2D eigenvalue weighted by Crippen LogP contribution is -2.45. The van der Waals surface area contributed by atoms with E-state index in [0.717, 1.165) is 11.1 Å². The Balaban J connectivity index is 1.51. The van der Waals surface area contributed by atoms with Crippen LogP contribution in [-0.2, 0) is 0 Å². The van der Waals surface area contributed by atoms with Crippen molar-refractivity contribution in [2.75, 3.05) is 0 Å². The quantitative estimate of drug-likeness (QED) is 0.0773. The normalized spacial score (nSPS) is 13.0. The Bertz CT molecular complexity index is 2240. The topological polar surface area (TPSA) is 0 Å². The van der Waals surface area contributed by atoms with E-state index in [4.69, 9.17) is 0 Å². The maximum absolute atomic E-state index is 3.97. The van der Waals surface area contributed by atoms with Gasteiger partial charge in [0.25, 0.3) is 0 Å². The molecule has 0 fully saturated rings. The summed E-state index contributed by atoms with van der Waals surface area (Å²) in [6.07, 6.45) is 22.5. The Morgan fingerprint density at radius 1 is 0.293 bits per heavy atom. The van der Waals surface area contributed by atoms with Crippen LogP contribution in [0.2, 0.25) is 78.6 Å². The molecule has 58 heavy (non-hydrogen) atoms. The van der Waals surface area contributed by atoms with Gasteiger partial charge in [-0.05, 0) is 73.8 Å². The summed E-state index contributed by atoms with van der Waals surface area (Å²) in [5, 5.41) is 6.01. The molecule has 0 heterocycles. The Hall–Kier alpha value is -4.59. The van der Waals surface area contributed by atoms with Gasteiger partial charge in [0, 0.05) is 0 Å². The Labute approximate surface area is 356 Å². The summed E-state index contributed by atoms with van der Waals surface area (Å²) in [5.74, 6) is 0. The molecule has 0 aliphatic rings. The van der Waals surface area contributed by atoms with E-state index in [1.807, 2.05) is 12.2 Å². The third kappa shape index (κ3) is 11.8. The van der Waals surface area contributed by atoms with Gasteiger partial charge in [0.05, 0.1) is 32.3 Å². The lowest BCUT2D eigenvalue weighted by atomic mass is 10.0. The van der Waals surface area contributed by atoms with Crippen molar-refractivity contribution in [2.24, 2.45) is 0 Å². The highest BCUT2D eigenvalue weighted by molar-refractivity contribution is 6.92. The van der Waals surface area contributed by atoms with E-state index in [0.29, 0.717) is 0 Å². The summed E-state index contributed by atoms with van der Waals surface area (Å²) < 4.78 is 0. The molecule has 4 heteroatoms. The molecular formula is C54H66Si4. The van der Waals surface area contributed by atoms with Gasteiger partial charge in [-0.15, -0.1) is 0 Å². The van der Waals surface area contributed by atoms with Gasteiger partial charge in [-0.2, -0.15) is 0 Å². The predicted octanol–water partition coefficient (Wildman–Crippen LogP) is 13.8. The zero-order valence-electron chi connectivity index (χ0n) is 37.4. The van der Waals surface area contributed by atoms with Crippen molar-refractivity contribution in [3.8, 4) is 0 Å². The molecule has 0 N–H and O–H groups in total. The molecule has 0 amide bonds. The lowest BCUT2D eigenvalue weighted by Gasteiger charge is -2.26. The van der Waals surface area contributed by atoms with Gasteiger partial charge in [0.2, 0.25) is 0 Å². The van der Waals surface area contributed by atoms with Crippen LogP contribution in [0.1, 0.15) is 55.6 Å². The molecule has 5 aromatic carbocycles. The van der Waals surface area contributed by atoms with Gasteiger partial charge in [-0.1, -0.05) is 252 Å². The second kappa shape index (κ2) is 18.1. The van der Waals surface area contributed by atoms with Crippen LogP contribution in [0.5, 0.6) is 0 Å². The molecule has 0 unspecified atom stereocenters. The largest absolute Gasteiger partial charge is 0.0985 e. The van der Waals surface area contributed by atoms with Crippen molar-refractivity contribution in [1.82, 2.24) is 0 Å². The molecular weight excluding hydrogens is 761 g/mol. The summed E-state index contributed by atoms with van der Waals surface area (Å²) in [4.78, 5) is 0. The smallest absolute Gasteiger partial charge is 0.0784 e. The van der Waals surface area contributed by atoms with Crippen molar-refractivity contribution < 1.29 is 0 Å². The minimum atomic E-state index is -1.68. The molecule has 0 saturated heterocycles. The monoisotopic (exact) mass is 826 g/mol. The summed E-state index contributed by atoms with van der Waals surface area (Å²) in [7, 11) is -6.69. The van der Waals surface area contributed by atoms with Gasteiger partial charge in [0.1, 0.15) is 0 Å². The predicted molar refractivity (Wildman–Crippen MR) is 280 cm³/mol. The molecule has 0 bridgehead atoms. The Morgan fingerprint density at radius 3 is 0.707 bits per heavy atom. The zero-order chi connectivity index (χ0) is 42.5. The highest BCUT2D eigenvalue weighted by atomic mass is 28.3. The molecule has 5 aromatic rings. The fourth-order valence-corrected chi connectivity index (χ4v) is 13.9. The maximum atomic E-state index is 3.97. The van der Waals surface area contributed by atoms with E-state index in [2.05, 4.69) is 237 Å². The molecule has 0 spiro atoms. The molecule has 298 valence electrons. The molecule has 0 aromatic heterocycles. The van der Waals surface area contributed by atoms with Gasteiger partial charge in [-0.25, -0.2) is 0 Å². The van der Waals surface area contributed by atoms with Gasteiger partial charge in [-0.3, -0.25) is 0 Å². The first-order valence-corrected chi connectivity index (χ1v) is 34.8. The molecule has 0 saturated carbocycles. The van der Waals surface area contributed by atoms with Crippen LogP contribution in [0.25, 0.3) is 60.8 Å². The first kappa shape index (κ1) is 44.5. The second-order valence-corrected chi connectivity index (χ2v) is 40.0. The third-order valence-corrected chi connectivity index (χ3v) is 18.9. The minimum absolute atomic E-state index is 1.15. The molecule has 0 aliphatic heterocycles. The Kier molecular flexibility index (Phi) is 13.9. The average Bonchev–Trinajstić information content (AvgIpc) is 3.16. The van der Waals surface area contributed by atoms with Crippen LogP contribution in [0.3, 0.4) is 0 Å². The van der Waals surface area contributed by atoms with Crippen molar-refractivity contribution >= 4 is 114 Å². The SMILES string of the molecule is C=Cc1cccc(/C=C/c2cc([Si](C)(C)C)c(/C=C/c3cccc(/C=C/c4cc([Si](C)(C)C)c(/C=C/c5cccc(C=C)c5)cc4[Si](C)(C)C)c3)cc2[Si](C)(C)C)c1. The van der Waals surface area contributed by atoms with E-state index < -0.39 is 32.3 Å². The molecule has 0 nitrogen and oxygen atoms in total. The van der Waals surface area contributed by atoms with Crippen molar-refractivity contribution in [2.45, 2.75) is 78.6 Å². The van der Waals surface area contributed by atoms with Crippen LogP contribution in [0.15, 0.2) is 110 Å². The fourth-order valence-electron chi connectivity index (χ4n) is 7.51. The fraction of sp³-hybridized carbons (Fsp3) is 0.222. The van der Waals surface area contributed by atoms with E-state index in [-0.39, 0.29) is 0 Å². The molecule has 5 rings (SSSR count). The van der Waals surface area contributed by atoms with E-state index in [9.17, 15) is 0 Å². The van der Waals surface area contributed by atoms with Crippen LogP contribution < -0.4 is 20.7 Å².